The topological polar surface area (TPSA) is 90.1 Å². The molecule has 0 atom stereocenters. The Morgan fingerprint density at radius 1 is 1.45 bits per heavy atom. The SMILES string of the molecule is COCc1nnc(NC(=O)c2ccc3ocnc3c2)s1. The summed E-state index contributed by atoms with van der Waals surface area (Å²) in [4.78, 5) is 16.1. The van der Waals surface area contributed by atoms with E-state index < -0.39 is 0 Å². The Morgan fingerprint density at radius 3 is 3.20 bits per heavy atom. The molecule has 0 saturated carbocycles. The molecule has 8 heteroatoms. The van der Waals surface area contributed by atoms with E-state index in [-0.39, 0.29) is 5.91 Å². The lowest BCUT2D eigenvalue weighted by molar-refractivity contribution is 0.102. The molecule has 0 radical (unpaired) electrons. The van der Waals surface area contributed by atoms with Crippen molar-refractivity contribution in [3.05, 3.63) is 35.2 Å². The zero-order valence-corrected chi connectivity index (χ0v) is 11.3. The van der Waals surface area contributed by atoms with Crippen molar-refractivity contribution >= 4 is 33.5 Å². The Bertz CT molecular complexity index is 752. The maximum atomic E-state index is 12.1. The van der Waals surface area contributed by atoms with Crippen LogP contribution < -0.4 is 5.32 Å². The number of fused-ring (bicyclic) bond motifs is 1. The summed E-state index contributed by atoms with van der Waals surface area (Å²) < 4.78 is 10.1. The van der Waals surface area contributed by atoms with Crippen LogP contribution in [-0.4, -0.2) is 28.2 Å². The van der Waals surface area contributed by atoms with Gasteiger partial charge in [-0.25, -0.2) is 4.98 Å². The number of nitrogens with one attached hydrogen (secondary N) is 1. The van der Waals surface area contributed by atoms with Crippen LogP contribution in [0.5, 0.6) is 0 Å². The minimum Gasteiger partial charge on any atom is -0.443 e. The molecule has 102 valence electrons. The highest BCUT2D eigenvalue weighted by Crippen LogP contribution is 2.18. The van der Waals surface area contributed by atoms with Crippen molar-refractivity contribution in [1.29, 1.82) is 0 Å². The fourth-order valence-electron chi connectivity index (χ4n) is 1.65. The van der Waals surface area contributed by atoms with Crippen LogP contribution in [0.25, 0.3) is 11.1 Å². The normalized spacial score (nSPS) is 10.8. The fourth-order valence-corrected chi connectivity index (χ4v) is 2.36. The largest absolute Gasteiger partial charge is 0.443 e. The van der Waals surface area contributed by atoms with Crippen molar-refractivity contribution in [2.45, 2.75) is 6.61 Å². The van der Waals surface area contributed by atoms with Gasteiger partial charge in [0, 0.05) is 12.7 Å². The summed E-state index contributed by atoms with van der Waals surface area (Å²) in [6, 6.07) is 5.03. The van der Waals surface area contributed by atoms with Crippen LogP contribution in [0, 0.1) is 0 Å². The number of anilines is 1. The van der Waals surface area contributed by atoms with Gasteiger partial charge in [-0.05, 0) is 18.2 Å². The van der Waals surface area contributed by atoms with Crippen molar-refractivity contribution in [2.75, 3.05) is 12.4 Å². The smallest absolute Gasteiger partial charge is 0.257 e. The van der Waals surface area contributed by atoms with Crippen molar-refractivity contribution in [2.24, 2.45) is 0 Å². The van der Waals surface area contributed by atoms with Crippen LogP contribution in [0.15, 0.2) is 29.0 Å². The summed E-state index contributed by atoms with van der Waals surface area (Å²) >= 11 is 1.27. The van der Waals surface area contributed by atoms with Gasteiger partial charge in [0.2, 0.25) is 5.13 Å². The van der Waals surface area contributed by atoms with E-state index in [1.54, 1.807) is 25.3 Å². The van der Waals surface area contributed by atoms with Gasteiger partial charge in [0.25, 0.3) is 5.91 Å². The zero-order valence-electron chi connectivity index (χ0n) is 10.5. The minimum atomic E-state index is -0.269. The number of hydrogen-bond donors (Lipinski definition) is 1. The molecule has 3 rings (SSSR count). The van der Waals surface area contributed by atoms with E-state index in [1.807, 2.05) is 0 Å². The summed E-state index contributed by atoms with van der Waals surface area (Å²) in [6.45, 7) is 0.373. The third-order valence-corrected chi connectivity index (χ3v) is 3.36. The lowest BCUT2D eigenvalue weighted by Crippen LogP contribution is -2.11. The molecule has 0 bridgehead atoms. The molecular weight excluding hydrogens is 280 g/mol. The fraction of sp³-hybridized carbons (Fsp3) is 0.167. The number of nitrogens with zero attached hydrogens (tertiary/aromatic N) is 3. The van der Waals surface area contributed by atoms with E-state index in [4.69, 9.17) is 9.15 Å². The molecule has 1 aromatic carbocycles. The Labute approximate surface area is 117 Å². The van der Waals surface area contributed by atoms with E-state index >= 15 is 0 Å². The van der Waals surface area contributed by atoms with Crippen LogP contribution in [-0.2, 0) is 11.3 Å². The van der Waals surface area contributed by atoms with Crippen LogP contribution in [0.4, 0.5) is 5.13 Å². The summed E-state index contributed by atoms with van der Waals surface area (Å²) in [5.74, 6) is -0.269. The maximum Gasteiger partial charge on any atom is 0.257 e. The zero-order chi connectivity index (χ0) is 13.9. The molecule has 20 heavy (non-hydrogen) atoms. The Morgan fingerprint density at radius 2 is 2.35 bits per heavy atom. The van der Waals surface area contributed by atoms with Gasteiger partial charge in [-0.3, -0.25) is 10.1 Å². The number of oxazole rings is 1. The second kappa shape index (κ2) is 5.35. The number of aromatic nitrogens is 3. The van der Waals surface area contributed by atoms with Crippen molar-refractivity contribution < 1.29 is 13.9 Å². The first-order valence-corrected chi connectivity index (χ1v) is 6.54. The molecule has 0 aliphatic rings. The minimum absolute atomic E-state index is 0.269. The molecule has 0 aliphatic carbocycles. The lowest BCUT2D eigenvalue weighted by Gasteiger charge is -2.00. The Balaban J connectivity index is 1.77. The van der Waals surface area contributed by atoms with Gasteiger partial charge >= 0.3 is 0 Å². The number of ether oxygens (including phenoxy) is 1. The second-order valence-electron chi connectivity index (χ2n) is 3.92. The standard InChI is InChI=1S/C12H10N4O3S/c1-18-5-10-15-16-12(20-10)14-11(17)7-2-3-9-8(4-7)13-6-19-9/h2-4,6H,5H2,1H3,(H,14,16,17). The molecule has 0 unspecified atom stereocenters. The van der Waals surface area contributed by atoms with E-state index in [9.17, 15) is 4.79 Å². The average molecular weight is 290 g/mol. The molecule has 1 amide bonds. The first kappa shape index (κ1) is 12.7. The highest BCUT2D eigenvalue weighted by Gasteiger charge is 2.11. The molecule has 0 spiro atoms. The van der Waals surface area contributed by atoms with Crippen molar-refractivity contribution in [1.82, 2.24) is 15.2 Å². The molecular formula is C12H10N4O3S. The van der Waals surface area contributed by atoms with E-state index in [0.29, 0.717) is 33.4 Å². The number of rotatable bonds is 4. The van der Waals surface area contributed by atoms with Gasteiger partial charge in [-0.15, -0.1) is 10.2 Å². The third-order valence-electron chi connectivity index (χ3n) is 2.55. The number of amides is 1. The van der Waals surface area contributed by atoms with Gasteiger partial charge in [-0.2, -0.15) is 0 Å². The van der Waals surface area contributed by atoms with Crippen LogP contribution in [0.2, 0.25) is 0 Å². The monoisotopic (exact) mass is 290 g/mol. The Kier molecular flexibility index (Phi) is 3.40. The van der Waals surface area contributed by atoms with Crippen LogP contribution in [0.1, 0.15) is 15.4 Å². The molecule has 1 N–H and O–H groups in total. The van der Waals surface area contributed by atoms with Crippen LogP contribution in [0.3, 0.4) is 0 Å². The predicted octanol–water partition coefficient (Wildman–Crippen LogP) is 2.08. The number of carbonyl (C=O) groups is 1. The average Bonchev–Trinajstić information content (AvgIpc) is 3.07. The van der Waals surface area contributed by atoms with Gasteiger partial charge in [-0.1, -0.05) is 11.3 Å². The van der Waals surface area contributed by atoms with Crippen LogP contribution >= 0.6 is 11.3 Å². The molecule has 0 saturated heterocycles. The van der Waals surface area contributed by atoms with Crippen molar-refractivity contribution in [3.63, 3.8) is 0 Å². The molecule has 2 heterocycles. The third kappa shape index (κ3) is 2.51. The number of benzene rings is 1. The Hall–Kier alpha value is -2.32. The van der Waals surface area contributed by atoms with E-state index in [2.05, 4.69) is 20.5 Å². The summed E-state index contributed by atoms with van der Waals surface area (Å²) in [5, 5.41) is 11.6. The van der Waals surface area contributed by atoms with Gasteiger partial charge in [0.15, 0.2) is 12.0 Å². The summed E-state index contributed by atoms with van der Waals surface area (Å²) in [7, 11) is 1.58. The summed E-state index contributed by atoms with van der Waals surface area (Å²) in [5.41, 5.74) is 1.75. The summed E-state index contributed by atoms with van der Waals surface area (Å²) in [6.07, 6.45) is 1.34. The predicted molar refractivity (Wildman–Crippen MR) is 72.6 cm³/mol. The highest BCUT2D eigenvalue weighted by molar-refractivity contribution is 7.15. The van der Waals surface area contributed by atoms with Gasteiger partial charge in [0.1, 0.15) is 17.1 Å². The highest BCUT2D eigenvalue weighted by atomic mass is 32.1. The van der Waals surface area contributed by atoms with Crippen molar-refractivity contribution in [3.8, 4) is 0 Å². The van der Waals surface area contributed by atoms with E-state index in [1.165, 1.54) is 17.7 Å². The molecule has 7 nitrogen and oxygen atoms in total. The number of carbonyl (C=O) groups excluding carboxylic acids is 1. The maximum absolute atomic E-state index is 12.1. The molecule has 0 fully saturated rings. The van der Waals surface area contributed by atoms with E-state index in [0.717, 1.165) is 0 Å². The molecule has 0 aliphatic heterocycles. The second-order valence-corrected chi connectivity index (χ2v) is 4.99. The molecule has 2 aromatic heterocycles. The van der Waals surface area contributed by atoms with Gasteiger partial charge < -0.3 is 9.15 Å². The molecule has 3 aromatic rings. The first-order valence-electron chi connectivity index (χ1n) is 5.72. The lowest BCUT2D eigenvalue weighted by atomic mass is 10.2. The first-order chi connectivity index (χ1) is 9.76. The quantitative estimate of drug-likeness (QED) is 0.791. The van der Waals surface area contributed by atoms with Gasteiger partial charge in [0.05, 0.1) is 0 Å². The number of hydrogen-bond acceptors (Lipinski definition) is 7. The number of methoxy groups -OCH3 is 1.